The molecule has 2 atom stereocenters. The number of para-hydroxylation sites is 1. The summed E-state index contributed by atoms with van der Waals surface area (Å²) in [4.78, 5) is 18.6. The highest BCUT2D eigenvalue weighted by Gasteiger charge is 2.33. The summed E-state index contributed by atoms with van der Waals surface area (Å²) in [5, 5.41) is 4.26. The van der Waals surface area contributed by atoms with Crippen molar-refractivity contribution < 1.29 is 9.69 Å². The molecule has 1 amide bonds. The third-order valence-electron chi connectivity index (χ3n) is 5.06. The Bertz CT molecular complexity index is 844. The van der Waals surface area contributed by atoms with Crippen LogP contribution in [0.15, 0.2) is 54.6 Å². The maximum absolute atomic E-state index is 12.4. The van der Waals surface area contributed by atoms with E-state index in [4.69, 9.17) is 4.98 Å². The van der Waals surface area contributed by atoms with Gasteiger partial charge in [-0.15, -0.1) is 11.3 Å². The summed E-state index contributed by atoms with van der Waals surface area (Å²) in [6, 6.07) is 18.9. The zero-order chi connectivity index (χ0) is 17.8. The van der Waals surface area contributed by atoms with E-state index in [-0.39, 0.29) is 5.91 Å². The first-order chi connectivity index (χ1) is 12.8. The number of carbonyl (C=O) groups is 1. The van der Waals surface area contributed by atoms with Gasteiger partial charge in [-0.05, 0) is 24.1 Å². The molecule has 134 valence electrons. The fourth-order valence-corrected chi connectivity index (χ4v) is 4.88. The van der Waals surface area contributed by atoms with Crippen LogP contribution < -0.4 is 10.2 Å². The number of fused-ring (bicyclic) bond motifs is 1. The number of quaternary nitrogens is 1. The van der Waals surface area contributed by atoms with Crippen LogP contribution in [-0.4, -0.2) is 30.5 Å². The summed E-state index contributed by atoms with van der Waals surface area (Å²) in [5.74, 6) is 0.143. The number of rotatable bonds is 6. The van der Waals surface area contributed by atoms with E-state index >= 15 is 0 Å². The minimum atomic E-state index is 0.143. The molecule has 0 spiro atoms. The van der Waals surface area contributed by atoms with Gasteiger partial charge in [0.1, 0.15) is 6.04 Å². The number of nitrogens with one attached hydrogen (secondary N) is 2. The highest BCUT2D eigenvalue weighted by molar-refractivity contribution is 7.18. The normalized spacial score (nSPS) is 19.7. The first-order valence-corrected chi connectivity index (χ1v) is 10.1. The molecule has 1 unspecified atom stereocenters. The fraction of sp³-hybridized carbons (Fsp3) is 0.333. The smallest absolute Gasteiger partial charge is 0.275 e. The molecule has 2 N–H and O–H groups in total. The second kappa shape index (κ2) is 7.98. The molecule has 2 aromatic carbocycles. The molecule has 0 aliphatic carbocycles. The molecule has 26 heavy (non-hydrogen) atoms. The van der Waals surface area contributed by atoms with Gasteiger partial charge in [0.05, 0.1) is 16.8 Å². The summed E-state index contributed by atoms with van der Waals surface area (Å²) in [7, 11) is 0. The van der Waals surface area contributed by atoms with Crippen molar-refractivity contribution in [3.05, 3.63) is 65.2 Å². The lowest BCUT2D eigenvalue weighted by atomic mass is 10.1. The van der Waals surface area contributed by atoms with Gasteiger partial charge in [0, 0.05) is 19.4 Å². The average Bonchev–Trinajstić information content (AvgIpc) is 3.28. The molecule has 5 heteroatoms. The van der Waals surface area contributed by atoms with Crippen molar-refractivity contribution >= 4 is 27.5 Å². The minimum Gasteiger partial charge on any atom is -0.351 e. The molecule has 1 aliphatic rings. The van der Waals surface area contributed by atoms with Gasteiger partial charge < -0.3 is 10.2 Å². The molecule has 0 saturated carbocycles. The number of hydrogen-bond donors (Lipinski definition) is 2. The van der Waals surface area contributed by atoms with Gasteiger partial charge >= 0.3 is 0 Å². The van der Waals surface area contributed by atoms with Crippen molar-refractivity contribution in [1.29, 1.82) is 0 Å². The molecule has 4 nitrogen and oxygen atoms in total. The number of benzene rings is 2. The zero-order valence-corrected chi connectivity index (χ0v) is 15.6. The first-order valence-electron chi connectivity index (χ1n) is 9.30. The van der Waals surface area contributed by atoms with Crippen LogP contribution in [-0.2, 0) is 11.2 Å². The van der Waals surface area contributed by atoms with Gasteiger partial charge in [-0.2, -0.15) is 0 Å². The third kappa shape index (κ3) is 3.94. The number of carbonyl (C=O) groups excluding carboxylic acids is 1. The monoisotopic (exact) mass is 366 g/mol. The third-order valence-corrected chi connectivity index (χ3v) is 6.21. The number of hydrogen-bond acceptors (Lipinski definition) is 3. The SMILES string of the molecule is O=C(C[NH+]1CCC[C@@H]1c1nc2ccccc2s1)NCCc1ccccc1. The van der Waals surface area contributed by atoms with Crippen LogP contribution in [0.1, 0.15) is 29.5 Å². The van der Waals surface area contributed by atoms with Gasteiger partial charge in [0.15, 0.2) is 11.6 Å². The Labute approximate surface area is 157 Å². The molecular formula is C21H24N3OS+. The van der Waals surface area contributed by atoms with Gasteiger partial charge in [-0.25, -0.2) is 4.98 Å². The highest BCUT2D eigenvalue weighted by Crippen LogP contribution is 2.28. The number of thiazole rings is 1. The maximum atomic E-state index is 12.4. The van der Waals surface area contributed by atoms with Crippen molar-refractivity contribution in [3.8, 4) is 0 Å². The van der Waals surface area contributed by atoms with E-state index < -0.39 is 0 Å². The maximum Gasteiger partial charge on any atom is 0.275 e. The van der Waals surface area contributed by atoms with Crippen LogP contribution in [0.4, 0.5) is 0 Å². The average molecular weight is 367 g/mol. The Morgan fingerprint density at radius 3 is 2.81 bits per heavy atom. The summed E-state index contributed by atoms with van der Waals surface area (Å²) in [6.07, 6.45) is 3.16. The largest absolute Gasteiger partial charge is 0.351 e. The van der Waals surface area contributed by atoms with Crippen molar-refractivity contribution in [2.75, 3.05) is 19.6 Å². The van der Waals surface area contributed by atoms with Gasteiger partial charge in [0.25, 0.3) is 5.91 Å². The quantitative estimate of drug-likeness (QED) is 0.704. The standard InChI is InChI=1S/C21H23N3OS/c25-20(22-13-12-16-7-2-1-3-8-16)15-24-14-6-10-18(24)21-23-17-9-4-5-11-19(17)26-21/h1-5,7-9,11,18H,6,10,12-15H2,(H,22,25)/p+1/t18-/m1/s1. The summed E-state index contributed by atoms with van der Waals surface area (Å²) < 4.78 is 1.24. The molecule has 4 rings (SSSR count). The van der Waals surface area contributed by atoms with Gasteiger partial charge in [0.2, 0.25) is 0 Å². The van der Waals surface area contributed by atoms with Gasteiger partial charge in [-0.1, -0.05) is 42.5 Å². The molecular weight excluding hydrogens is 342 g/mol. The van der Waals surface area contributed by atoms with Crippen molar-refractivity contribution in [2.45, 2.75) is 25.3 Å². The predicted octanol–water partition coefficient (Wildman–Crippen LogP) is 2.38. The van der Waals surface area contributed by atoms with E-state index in [0.717, 1.165) is 31.3 Å². The van der Waals surface area contributed by atoms with Crippen molar-refractivity contribution in [1.82, 2.24) is 10.3 Å². The minimum absolute atomic E-state index is 0.143. The Morgan fingerprint density at radius 1 is 1.15 bits per heavy atom. The van der Waals surface area contributed by atoms with E-state index in [0.29, 0.717) is 19.1 Å². The van der Waals surface area contributed by atoms with Crippen LogP contribution >= 0.6 is 11.3 Å². The number of nitrogens with zero attached hydrogens (tertiary/aromatic N) is 1. The Hall–Kier alpha value is -2.24. The second-order valence-corrected chi connectivity index (χ2v) is 7.95. The summed E-state index contributed by atoms with van der Waals surface area (Å²) in [5.41, 5.74) is 2.33. The zero-order valence-electron chi connectivity index (χ0n) is 14.8. The van der Waals surface area contributed by atoms with Crippen LogP contribution in [0.3, 0.4) is 0 Å². The number of aromatic nitrogens is 1. The fourth-order valence-electron chi connectivity index (χ4n) is 3.72. The first kappa shape index (κ1) is 17.2. The second-order valence-electron chi connectivity index (χ2n) is 6.89. The molecule has 1 fully saturated rings. The molecule has 0 bridgehead atoms. The van der Waals surface area contributed by atoms with Crippen LogP contribution in [0, 0.1) is 0 Å². The number of likely N-dealkylation sites (tertiary alicyclic amines) is 1. The van der Waals surface area contributed by atoms with Crippen molar-refractivity contribution in [2.24, 2.45) is 0 Å². The molecule has 1 saturated heterocycles. The van der Waals surface area contributed by atoms with E-state index in [1.165, 1.54) is 20.2 Å². The van der Waals surface area contributed by atoms with E-state index in [9.17, 15) is 4.79 Å². The van der Waals surface area contributed by atoms with E-state index in [1.807, 2.05) is 24.3 Å². The van der Waals surface area contributed by atoms with Crippen LogP contribution in [0.5, 0.6) is 0 Å². The lowest BCUT2D eigenvalue weighted by Gasteiger charge is -2.19. The predicted molar refractivity (Wildman–Crippen MR) is 105 cm³/mol. The Kier molecular flexibility index (Phi) is 5.27. The molecule has 2 heterocycles. The molecule has 1 aromatic heterocycles. The van der Waals surface area contributed by atoms with Crippen molar-refractivity contribution in [3.63, 3.8) is 0 Å². The molecule has 1 aliphatic heterocycles. The summed E-state index contributed by atoms with van der Waals surface area (Å²) in [6.45, 7) is 2.28. The van der Waals surface area contributed by atoms with E-state index in [1.54, 1.807) is 11.3 Å². The summed E-state index contributed by atoms with van der Waals surface area (Å²) >= 11 is 1.78. The van der Waals surface area contributed by atoms with Gasteiger partial charge in [-0.3, -0.25) is 4.79 Å². The molecule has 0 radical (unpaired) electrons. The number of amides is 1. The topological polar surface area (TPSA) is 46.4 Å². The lowest BCUT2D eigenvalue weighted by Crippen LogP contribution is -3.11. The van der Waals surface area contributed by atoms with E-state index in [2.05, 4.69) is 35.6 Å². The Balaban J connectivity index is 1.33. The van der Waals surface area contributed by atoms with Crippen LogP contribution in [0.2, 0.25) is 0 Å². The van der Waals surface area contributed by atoms with Crippen LogP contribution in [0.25, 0.3) is 10.2 Å². The lowest BCUT2D eigenvalue weighted by molar-refractivity contribution is -0.910. The highest BCUT2D eigenvalue weighted by atomic mass is 32.1. The molecule has 3 aromatic rings. The Morgan fingerprint density at radius 2 is 1.96 bits per heavy atom.